The lowest BCUT2D eigenvalue weighted by Crippen LogP contribution is -2.48. The first-order chi connectivity index (χ1) is 14.1. The second kappa shape index (κ2) is 7.91. The number of non-ortho nitro benzene ring substituents is 1. The van der Waals surface area contributed by atoms with E-state index in [1.807, 2.05) is 0 Å². The van der Waals surface area contributed by atoms with Gasteiger partial charge in [0.05, 0.1) is 22.6 Å². The Morgan fingerprint density at radius 3 is 2.40 bits per heavy atom. The summed E-state index contributed by atoms with van der Waals surface area (Å²) in [7, 11) is 0. The number of rotatable bonds is 5. The van der Waals surface area contributed by atoms with Crippen molar-refractivity contribution in [2.75, 3.05) is 4.90 Å². The van der Waals surface area contributed by atoms with Crippen LogP contribution in [0.3, 0.4) is 0 Å². The zero-order valence-corrected chi connectivity index (χ0v) is 15.0. The topological polar surface area (TPSA) is 122 Å². The molecule has 1 atom stereocenters. The van der Waals surface area contributed by atoms with Crippen LogP contribution in [-0.4, -0.2) is 28.7 Å². The van der Waals surface area contributed by atoms with E-state index in [1.165, 1.54) is 18.2 Å². The van der Waals surface area contributed by atoms with Gasteiger partial charge in [0.25, 0.3) is 17.5 Å². The van der Waals surface area contributed by atoms with Crippen molar-refractivity contribution in [2.24, 2.45) is 0 Å². The van der Waals surface area contributed by atoms with Gasteiger partial charge in [0.2, 0.25) is 5.91 Å². The molecule has 12 heteroatoms. The molecule has 2 aromatic rings. The highest BCUT2D eigenvalue weighted by Gasteiger charge is 2.40. The number of nitrogens with zero attached hydrogens (tertiary/aromatic N) is 2. The number of carbonyl (C=O) groups excluding carboxylic acids is 3. The Kier molecular flexibility index (Phi) is 5.52. The molecule has 1 aliphatic heterocycles. The third-order valence-corrected chi connectivity index (χ3v) is 4.28. The second-order valence-electron chi connectivity index (χ2n) is 6.27. The number of imide groups is 1. The molecule has 0 aromatic heterocycles. The minimum atomic E-state index is -4.64. The molecule has 156 valence electrons. The molecule has 0 spiro atoms. The summed E-state index contributed by atoms with van der Waals surface area (Å²) in [4.78, 5) is 47.4. The normalized spacial score (nSPS) is 16.6. The van der Waals surface area contributed by atoms with Crippen LogP contribution in [0.1, 0.15) is 22.3 Å². The van der Waals surface area contributed by atoms with E-state index in [0.29, 0.717) is 11.0 Å². The SMILES string of the molecule is O=C(NN[C@H]1CC(=O)N(c2cccc(C(F)(F)F)c2)C1=O)c1ccc([N+](=O)[O-])cc1. The van der Waals surface area contributed by atoms with Gasteiger partial charge in [-0.25, -0.2) is 10.3 Å². The predicted molar refractivity (Wildman–Crippen MR) is 96.0 cm³/mol. The molecular weight excluding hydrogens is 409 g/mol. The molecule has 2 N–H and O–H groups in total. The quantitative estimate of drug-likeness (QED) is 0.433. The van der Waals surface area contributed by atoms with Gasteiger partial charge in [-0.05, 0) is 30.3 Å². The Hall–Kier alpha value is -3.80. The summed E-state index contributed by atoms with van der Waals surface area (Å²) in [6, 6.07) is 7.23. The summed E-state index contributed by atoms with van der Waals surface area (Å²) < 4.78 is 38.6. The minimum absolute atomic E-state index is 0.0552. The zero-order chi connectivity index (χ0) is 22.1. The Morgan fingerprint density at radius 1 is 1.13 bits per heavy atom. The van der Waals surface area contributed by atoms with Crippen LogP contribution in [0, 0.1) is 10.1 Å². The largest absolute Gasteiger partial charge is 0.416 e. The van der Waals surface area contributed by atoms with Crippen LogP contribution >= 0.6 is 0 Å². The van der Waals surface area contributed by atoms with E-state index >= 15 is 0 Å². The van der Waals surface area contributed by atoms with Crippen molar-refractivity contribution in [3.05, 3.63) is 69.8 Å². The maximum Gasteiger partial charge on any atom is 0.416 e. The van der Waals surface area contributed by atoms with Gasteiger partial charge >= 0.3 is 6.18 Å². The molecule has 2 aromatic carbocycles. The zero-order valence-electron chi connectivity index (χ0n) is 15.0. The molecule has 0 saturated carbocycles. The molecular formula is C18H13F3N4O5. The van der Waals surface area contributed by atoms with E-state index in [2.05, 4.69) is 10.9 Å². The molecule has 1 heterocycles. The van der Waals surface area contributed by atoms with E-state index < -0.39 is 40.4 Å². The number of alkyl halides is 3. The van der Waals surface area contributed by atoms with Crippen molar-refractivity contribution < 1.29 is 32.5 Å². The van der Waals surface area contributed by atoms with Crippen LogP contribution in [0.4, 0.5) is 24.5 Å². The number of nitro groups is 1. The number of hydrogen-bond donors (Lipinski definition) is 2. The van der Waals surface area contributed by atoms with E-state index in [9.17, 15) is 37.7 Å². The van der Waals surface area contributed by atoms with Crippen molar-refractivity contribution in [2.45, 2.75) is 18.6 Å². The average Bonchev–Trinajstić information content (AvgIpc) is 2.99. The minimum Gasteiger partial charge on any atom is -0.287 e. The number of nitrogens with one attached hydrogen (secondary N) is 2. The molecule has 0 radical (unpaired) electrons. The van der Waals surface area contributed by atoms with Crippen LogP contribution < -0.4 is 15.8 Å². The maximum absolute atomic E-state index is 12.9. The molecule has 0 aliphatic carbocycles. The highest BCUT2D eigenvalue weighted by atomic mass is 19.4. The fourth-order valence-corrected chi connectivity index (χ4v) is 2.80. The highest BCUT2D eigenvalue weighted by molar-refractivity contribution is 6.22. The molecule has 0 unspecified atom stereocenters. The average molecular weight is 422 g/mol. The Labute approximate surface area is 166 Å². The van der Waals surface area contributed by atoms with Gasteiger partial charge in [-0.2, -0.15) is 13.2 Å². The van der Waals surface area contributed by atoms with Gasteiger partial charge in [-0.3, -0.25) is 29.9 Å². The summed E-state index contributed by atoms with van der Waals surface area (Å²) in [6.45, 7) is 0. The molecule has 1 aliphatic rings. The van der Waals surface area contributed by atoms with Crippen molar-refractivity contribution >= 4 is 29.1 Å². The molecule has 9 nitrogen and oxygen atoms in total. The Balaban J connectivity index is 1.68. The fraction of sp³-hybridized carbons (Fsp3) is 0.167. The number of hydrazine groups is 1. The summed E-state index contributed by atoms with van der Waals surface area (Å²) in [5.41, 5.74) is 3.18. The van der Waals surface area contributed by atoms with Crippen molar-refractivity contribution in [3.8, 4) is 0 Å². The summed E-state index contributed by atoms with van der Waals surface area (Å²) >= 11 is 0. The molecule has 3 amide bonds. The van der Waals surface area contributed by atoms with Crippen molar-refractivity contribution in [1.82, 2.24) is 10.9 Å². The third kappa shape index (κ3) is 4.27. The monoisotopic (exact) mass is 422 g/mol. The number of benzene rings is 2. The van der Waals surface area contributed by atoms with E-state index in [0.717, 1.165) is 24.3 Å². The van der Waals surface area contributed by atoms with Gasteiger partial charge in [0.1, 0.15) is 6.04 Å². The van der Waals surface area contributed by atoms with Crippen LogP contribution in [0.25, 0.3) is 0 Å². The highest BCUT2D eigenvalue weighted by Crippen LogP contribution is 2.33. The summed E-state index contributed by atoms with van der Waals surface area (Å²) in [6.07, 6.45) is -5.02. The lowest BCUT2D eigenvalue weighted by molar-refractivity contribution is -0.384. The van der Waals surface area contributed by atoms with Gasteiger partial charge in [0, 0.05) is 17.7 Å². The van der Waals surface area contributed by atoms with Gasteiger partial charge < -0.3 is 0 Å². The summed E-state index contributed by atoms with van der Waals surface area (Å²) in [5, 5.41) is 10.6. The van der Waals surface area contributed by atoms with Crippen molar-refractivity contribution in [3.63, 3.8) is 0 Å². The number of hydrogen-bond acceptors (Lipinski definition) is 6. The van der Waals surface area contributed by atoms with Gasteiger partial charge in [-0.1, -0.05) is 6.07 Å². The first kappa shape index (κ1) is 20.9. The Morgan fingerprint density at radius 2 is 1.80 bits per heavy atom. The van der Waals surface area contributed by atoms with Crippen LogP contribution in [-0.2, 0) is 15.8 Å². The number of amides is 3. The molecule has 0 bridgehead atoms. The van der Waals surface area contributed by atoms with Crippen LogP contribution in [0.5, 0.6) is 0 Å². The number of carbonyl (C=O) groups is 3. The summed E-state index contributed by atoms with van der Waals surface area (Å²) in [5.74, 6) is -2.28. The molecule has 1 fully saturated rings. The fourth-order valence-electron chi connectivity index (χ4n) is 2.80. The van der Waals surface area contributed by atoms with Gasteiger partial charge in [0.15, 0.2) is 0 Å². The van der Waals surface area contributed by atoms with Crippen LogP contribution in [0.15, 0.2) is 48.5 Å². The Bertz CT molecular complexity index is 1020. The van der Waals surface area contributed by atoms with Gasteiger partial charge in [-0.15, -0.1) is 0 Å². The van der Waals surface area contributed by atoms with Crippen LogP contribution in [0.2, 0.25) is 0 Å². The smallest absolute Gasteiger partial charge is 0.287 e. The first-order valence-corrected chi connectivity index (χ1v) is 8.42. The standard InChI is InChI=1S/C18H13F3N4O5/c19-18(20,21)11-2-1-3-13(8-11)24-15(26)9-14(17(24)28)22-23-16(27)10-4-6-12(7-5-10)25(29)30/h1-8,14,22H,9H2,(H,23,27)/t14-/m0/s1. The molecule has 1 saturated heterocycles. The maximum atomic E-state index is 12.9. The predicted octanol–water partition coefficient (Wildman–Crippen LogP) is 2.18. The van der Waals surface area contributed by atoms with E-state index in [-0.39, 0.29) is 23.4 Å². The first-order valence-electron chi connectivity index (χ1n) is 8.42. The molecule has 30 heavy (non-hydrogen) atoms. The number of halogens is 3. The third-order valence-electron chi connectivity index (χ3n) is 4.28. The van der Waals surface area contributed by atoms with E-state index in [1.54, 1.807) is 0 Å². The second-order valence-corrected chi connectivity index (χ2v) is 6.27. The molecule has 3 rings (SSSR count). The van der Waals surface area contributed by atoms with E-state index in [4.69, 9.17) is 0 Å². The van der Waals surface area contributed by atoms with Crippen molar-refractivity contribution in [1.29, 1.82) is 0 Å². The lowest BCUT2D eigenvalue weighted by atomic mass is 10.2. The lowest BCUT2D eigenvalue weighted by Gasteiger charge is -2.17. The number of anilines is 1. The number of nitro benzene ring substituents is 1.